The molecule has 0 aromatic rings. The minimum Gasteiger partial charge on any atom is -0.468 e. The Morgan fingerprint density at radius 1 is 1.50 bits per heavy atom. The van der Waals surface area contributed by atoms with E-state index in [4.69, 9.17) is 0 Å². The van der Waals surface area contributed by atoms with Crippen LogP contribution in [-0.2, 0) is 9.53 Å². The van der Waals surface area contributed by atoms with Crippen LogP contribution in [0.5, 0.6) is 0 Å². The van der Waals surface area contributed by atoms with Gasteiger partial charge in [-0.15, -0.1) is 0 Å². The van der Waals surface area contributed by atoms with E-state index in [9.17, 15) is 4.79 Å². The zero-order valence-electron chi connectivity index (χ0n) is 5.16. The van der Waals surface area contributed by atoms with Crippen molar-refractivity contribution in [2.45, 2.75) is 14.0 Å². The highest BCUT2D eigenvalue weighted by molar-refractivity contribution is 9.26. The molecule has 58 valence electrons. The van der Waals surface area contributed by atoms with Crippen LogP contribution in [0.1, 0.15) is 6.42 Å². The van der Waals surface area contributed by atoms with E-state index >= 15 is 0 Å². The van der Waals surface area contributed by atoms with Crippen LogP contribution in [0.3, 0.4) is 0 Å². The van der Waals surface area contributed by atoms with Gasteiger partial charge in [0.15, 0.2) is 0 Å². The largest absolute Gasteiger partial charge is 0.468 e. The second kappa shape index (κ2) is 2.45. The molecule has 1 saturated carbocycles. The molecule has 0 N–H and O–H groups in total. The van der Waals surface area contributed by atoms with Gasteiger partial charge in [-0.05, 0) is 0 Å². The molecule has 0 aromatic carbocycles. The zero-order valence-corrected chi connectivity index (χ0v) is 9.92. The fourth-order valence-electron chi connectivity index (χ4n) is 0.645. The maximum atomic E-state index is 11.0. The normalized spacial score (nSPS) is 35.2. The minimum atomic E-state index is -0.561. The van der Waals surface area contributed by atoms with E-state index in [1.807, 2.05) is 0 Å². The number of rotatable bonds is 1. The summed E-state index contributed by atoms with van der Waals surface area (Å²) in [6.07, 6.45) is 0.701. The third-order valence-corrected chi connectivity index (χ3v) is 5.69. The number of halogens is 3. The molecule has 0 aromatic heterocycles. The van der Waals surface area contributed by atoms with E-state index in [-0.39, 0.29) is 9.20 Å². The molecule has 0 amide bonds. The molecule has 2 nitrogen and oxygen atoms in total. The maximum absolute atomic E-state index is 11.0. The fourth-order valence-corrected chi connectivity index (χ4v) is 3.14. The van der Waals surface area contributed by atoms with Crippen LogP contribution in [0, 0.1) is 0 Å². The van der Waals surface area contributed by atoms with Crippen molar-refractivity contribution in [1.82, 2.24) is 0 Å². The van der Waals surface area contributed by atoms with E-state index < -0.39 is 4.32 Å². The zero-order chi connectivity index (χ0) is 7.99. The number of carbonyl (C=O) groups is 1. The molecule has 0 radical (unpaired) electrons. The van der Waals surface area contributed by atoms with Gasteiger partial charge in [0.05, 0.1) is 7.11 Å². The lowest BCUT2D eigenvalue weighted by atomic mass is 10.4. The van der Waals surface area contributed by atoms with Crippen molar-refractivity contribution < 1.29 is 9.53 Å². The second-order valence-corrected chi connectivity index (χ2v) is 7.30. The van der Waals surface area contributed by atoms with E-state index in [0.29, 0.717) is 6.42 Å². The Labute approximate surface area is 84.1 Å². The molecule has 1 atom stereocenters. The van der Waals surface area contributed by atoms with Gasteiger partial charge in [0.1, 0.15) is 7.56 Å². The summed E-state index contributed by atoms with van der Waals surface area (Å²) in [4.78, 5) is 11.0. The topological polar surface area (TPSA) is 26.3 Å². The van der Waals surface area contributed by atoms with Crippen molar-refractivity contribution in [2.75, 3.05) is 7.11 Å². The van der Waals surface area contributed by atoms with Crippen LogP contribution >= 0.6 is 47.8 Å². The molecule has 0 heterocycles. The fraction of sp³-hybridized carbons (Fsp3) is 0.800. The van der Waals surface area contributed by atoms with Gasteiger partial charge in [0.25, 0.3) is 0 Å². The first kappa shape index (κ1) is 9.00. The molecule has 1 rings (SSSR count). The predicted molar refractivity (Wildman–Crippen MR) is 48.9 cm³/mol. The molecular formula is C5H5Br3O2. The molecule has 5 heteroatoms. The number of alkyl halides is 3. The van der Waals surface area contributed by atoms with Crippen molar-refractivity contribution in [3.63, 3.8) is 0 Å². The van der Waals surface area contributed by atoms with Crippen LogP contribution in [0.2, 0.25) is 0 Å². The molecule has 0 bridgehead atoms. The Balaban J connectivity index is 2.68. The average Bonchev–Trinajstić information content (AvgIpc) is 2.32. The second-order valence-electron chi connectivity index (χ2n) is 2.17. The summed E-state index contributed by atoms with van der Waals surface area (Å²) < 4.78 is 3.70. The first-order chi connectivity index (χ1) is 4.44. The van der Waals surface area contributed by atoms with Gasteiger partial charge >= 0.3 is 5.97 Å². The van der Waals surface area contributed by atoms with E-state index in [1.165, 1.54) is 7.11 Å². The standard InChI is InChI=1S/C5H5Br3O2/c1-10-3(9)4(6)2-5(4,7)8/h2H2,1H3. The Morgan fingerprint density at radius 3 is 2.00 bits per heavy atom. The molecule has 10 heavy (non-hydrogen) atoms. The first-order valence-corrected chi connectivity index (χ1v) is 4.97. The summed E-state index contributed by atoms with van der Waals surface area (Å²) in [5.41, 5.74) is 0. The van der Waals surface area contributed by atoms with Gasteiger partial charge in [-0.25, -0.2) is 0 Å². The summed E-state index contributed by atoms with van der Waals surface area (Å²) >= 11 is 9.91. The lowest BCUT2D eigenvalue weighted by molar-refractivity contribution is -0.140. The van der Waals surface area contributed by atoms with Crippen molar-refractivity contribution in [2.24, 2.45) is 0 Å². The highest BCUT2D eigenvalue weighted by Gasteiger charge is 2.70. The molecule has 1 aliphatic rings. The van der Waals surface area contributed by atoms with Crippen LogP contribution in [-0.4, -0.2) is 20.6 Å². The van der Waals surface area contributed by atoms with Gasteiger partial charge in [0.2, 0.25) is 0 Å². The van der Waals surface area contributed by atoms with Gasteiger partial charge in [-0.3, -0.25) is 4.79 Å². The Morgan fingerprint density at radius 2 is 1.90 bits per heavy atom. The number of esters is 1. The minimum absolute atomic E-state index is 0.249. The Kier molecular flexibility index (Phi) is 2.21. The van der Waals surface area contributed by atoms with Crippen LogP contribution in [0.15, 0.2) is 0 Å². The summed E-state index contributed by atoms with van der Waals surface area (Å²) in [6.45, 7) is 0. The highest BCUT2D eigenvalue weighted by atomic mass is 79.9. The highest BCUT2D eigenvalue weighted by Crippen LogP contribution is 2.65. The molecular weight excluding hydrogens is 332 g/mol. The summed E-state index contributed by atoms with van der Waals surface area (Å²) in [7, 11) is 1.37. The number of hydrogen-bond acceptors (Lipinski definition) is 2. The maximum Gasteiger partial charge on any atom is 0.325 e. The van der Waals surface area contributed by atoms with Gasteiger partial charge in [-0.1, -0.05) is 47.8 Å². The van der Waals surface area contributed by atoms with Crippen molar-refractivity contribution in [3.8, 4) is 0 Å². The van der Waals surface area contributed by atoms with Gasteiger partial charge in [-0.2, -0.15) is 0 Å². The Bertz CT molecular complexity index is 180. The van der Waals surface area contributed by atoms with E-state index in [2.05, 4.69) is 52.5 Å². The summed E-state index contributed by atoms with van der Waals surface area (Å²) in [5.74, 6) is -0.249. The number of carbonyl (C=O) groups excluding carboxylic acids is 1. The monoisotopic (exact) mass is 334 g/mol. The number of methoxy groups -OCH3 is 1. The molecule has 0 aliphatic heterocycles. The Hall–Kier alpha value is 0.910. The van der Waals surface area contributed by atoms with Crippen LogP contribution in [0.4, 0.5) is 0 Å². The third-order valence-electron chi connectivity index (χ3n) is 1.43. The van der Waals surface area contributed by atoms with E-state index in [0.717, 1.165) is 0 Å². The van der Waals surface area contributed by atoms with Gasteiger partial charge < -0.3 is 4.74 Å². The van der Waals surface area contributed by atoms with Crippen LogP contribution in [0.25, 0.3) is 0 Å². The van der Waals surface area contributed by atoms with Crippen molar-refractivity contribution in [3.05, 3.63) is 0 Å². The summed E-state index contributed by atoms with van der Waals surface area (Å²) in [6, 6.07) is 0. The lowest BCUT2D eigenvalue weighted by Gasteiger charge is -2.06. The molecule has 0 spiro atoms. The van der Waals surface area contributed by atoms with Crippen LogP contribution < -0.4 is 0 Å². The van der Waals surface area contributed by atoms with E-state index in [1.54, 1.807) is 0 Å². The summed E-state index contributed by atoms with van der Waals surface area (Å²) in [5, 5.41) is 0. The SMILES string of the molecule is COC(=O)C1(Br)CC1(Br)Br. The molecule has 1 fully saturated rings. The van der Waals surface area contributed by atoms with Crippen molar-refractivity contribution >= 4 is 53.8 Å². The van der Waals surface area contributed by atoms with Crippen molar-refractivity contribution in [1.29, 1.82) is 0 Å². The smallest absolute Gasteiger partial charge is 0.325 e. The third kappa shape index (κ3) is 1.16. The lowest BCUT2D eigenvalue weighted by Crippen LogP contribution is -2.22. The molecule has 1 unspecified atom stereocenters. The average molecular weight is 337 g/mol. The quantitative estimate of drug-likeness (QED) is 0.542. The number of ether oxygens (including phenoxy) is 1. The number of hydrogen-bond donors (Lipinski definition) is 0. The van der Waals surface area contributed by atoms with Gasteiger partial charge in [0, 0.05) is 6.42 Å². The first-order valence-electron chi connectivity index (χ1n) is 2.59. The molecule has 1 aliphatic carbocycles. The molecule has 0 saturated heterocycles. The predicted octanol–water partition coefficient (Wildman–Crippen LogP) is 2.18.